The van der Waals surface area contributed by atoms with Crippen molar-refractivity contribution in [3.05, 3.63) is 212 Å². The van der Waals surface area contributed by atoms with E-state index >= 15 is 0 Å². The first kappa shape index (κ1) is 32.0. The number of rotatable bonds is 7. The zero-order valence-corrected chi connectivity index (χ0v) is 30.4. The molecular formula is C52H35NS. The number of thiophene rings is 1. The summed E-state index contributed by atoms with van der Waals surface area (Å²) < 4.78 is 2.60. The van der Waals surface area contributed by atoms with Gasteiger partial charge in [0.1, 0.15) is 0 Å². The van der Waals surface area contributed by atoms with Gasteiger partial charge >= 0.3 is 0 Å². The van der Waals surface area contributed by atoms with Crippen molar-refractivity contribution < 1.29 is 0 Å². The average Bonchev–Trinajstić information content (AvgIpc) is 3.64. The van der Waals surface area contributed by atoms with Crippen LogP contribution in [0.5, 0.6) is 0 Å². The van der Waals surface area contributed by atoms with Crippen LogP contribution in [-0.2, 0) is 0 Å². The molecule has 1 aromatic heterocycles. The summed E-state index contributed by atoms with van der Waals surface area (Å²) in [6.45, 7) is 0. The Morgan fingerprint density at radius 2 is 0.778 bits per heavy atom. The predicted molar refractivity (Wildman–Crippen MR) is 233 cm³/mol. The van der Waals surface area contributed by atoms with E-state index in [9.17, 15) is 0 Å². The van der Waals surface area contributed by atoms with E-state index in [0.717, 1.165) is 11.4 Å². The predicted octanol–water partition coefficient (Wildman–Crippen LogP) is 15.3. The van der Waals surface area contributed by atoms with Crippen LogP contribution in [0.25, 0.3) is 75.5 Å². The highest BCUT2D eigenvalue weighted by Crippen LogP contribution is 2.48. The van der Waals surface area contributed by atoms with Gasteiger partial charge in [0.15, 0.2) is 0 Å². The van der Waals surface area contributed by atoms with Crippen LogP contribution in [0.15, 0.2) is 212 Å². The molecule has 254 valence electrons. The maximum absolute atomic E-state index is 2.44. The lowest BCUT2D eigenvalue weighted by Gasteiger charge is -2.26. The van der Waals surface area contributed by atoms with Crippen LogP contribution in [0.2, 0.25) is 0 Å². The fourth-order valence-electron chi connectivity index (χ4n) is 7.87. The van der Waals surface area contributed by atoms with Crippen molar-refractivity contribution in [2.75, 3.05) is 4.90 Å². The molecule has 0 radical (unpaired) electrons. The summed E-state index contributed by atoms with van der Waals surface area (Å²) in [7, 11) is 0. The van der Waals surface area contributed by atoms with Crippen molar-refractivity contribution in [1.82, 2.24) is 0 Å². The lowest BCUT2D eigenvalue weighted by molar-refractivity contribution is 1.30. The van der Waals surface area contributed by atoms with Gasteiger partial charge in [0.25, 0.3) is 0 Å². The molecule has 0 atom stereocenters. The highest BCUT2D eigenvalue weighted by Gasteiger charge is 2.20. The minimum atomic E-state index is 1.14. The van der Waals surface area contributed by atoms with Gasteiger partial charge < -0.3 is 4.90 Å². The van der Waals surface area contributed by atoms with Crippen LogP contribution in [-0.4, -0.2) is 0 Å². The summed E-state index contributed by atoms with van der Waals surface area (Å²) in [6, 6.07) is 77.0. The highest BCUT2D eigenvalue weighted by atomic mass is 32.1. The SMILES string of the molecule is c1ccc(-c2cc(-c3ccccc3)cc(-c3ccc(-c4cc5c(sc6cccc(N(c7ccccc7)c7ccccc7)c65)c5ccccc45)cc3)c2)cc1. The smallest absolute Gasteiger partial charge is 0.0554 e. The second-order valence-electron chi connectivity index (χ2n) is 13.7. The van der Waals surface area contributed by atoms with Crippen LogP contribution in [0, 0.1) is 0 Å². The van der Waals surface area contributed by atoms with Crippen LogP contribution in [0.3, 0.4) is 0 Å². The van der Waals surface area contributed by atoms with E-state index in [1.165, 1.54) is 81.1 Å². The highest BCUT2D eigenvalue weighted by molar-refractivity contribution is 7.26. The van der Waals surface area contributed by atoms with Gasteiger partial charge in [-0.3, -0.25) is 0 Å². The van der Waals surface area contributed by atoms with Gasteiger partial charge in [0, 0.05) is 36.9 Å². The molecule has 0 saturated carbocycles. The Balaban J connectivity index is 1.14. The molecule has 0 bridgehead atoms. The maximum atomic E-state index is 2.44. The molecule has 0 spiro atoms. The average molecular weight is 706 g/mol. The van der Waals surface area contributed by atoms with E-state index in [1.54, 1.807) is 0 Å². The summed E-state index contributed by atoms with van der Waals surface area (Å²) >= 11 is 1.89. The van der Waals surface area contributed by atoms with Crippen molar-refractivity contribution in [2.45, 2.75) is 0 Å². The number of anilines is 3. The third-order valence-electron chi connectivity index (χ3n) is 10.4. The summed E-state index contributed by atoms with van der Waals surface area (Å²) in [5.41, 5.74) is 13.2. The molecule has 0 amide bonds. The van der Waals surface area contributed by atoms with E-state index in [0.29, 0.717) is 0 Å². The van der Waals surface area contributed by atoms with Gasteiger partial charge in [0.2, 0.25) is 0 Å². The number of hydrogen-bond acceptors (Lipinski definition) is 2. The van der Waals surface area contributed by atoms with Crippen LogP contribution in [0.1, 0.15) is 0 Å². The van der Waals surface area contributed by atoms with Gasteiger partial charge in [0.05, 0.1) is 5.69 Å². The Morgan fingerprint density at radius 3 is 1.33 bits per heavy atom. The lowest BCUT2D eigenvalue weighted by atomic mass is 9.91. The summed E-state index contributed by atoms with van der Waals surface area (Å²) in [4.78, 5) is 2.39. The Hall–Kier alpha value is -6.74. The van der Waals surface area contributed by atoms with E-state index in [-0.39, 0.29) is 0 Å². The first-order valence-electron chi connectivity index (χ1n) is 18.4. The van der Waals surface area contributed by atoms with Crippen LogP contribution < -0.4 is 4.90 Å². The lowest BCUT2D eigenvalue weighted by Crippen LogP contribution is -2.09. The summed E-state index contributed by atoms with van der Waals surface area (Å²) in [5, 5.41) is 5.12. The molecule has 0 unspecified atom stereocenters. The van der Waals surface area contributed by atoms with Crippen molar-refractivity contribution >= 4 is 59.3 Å². The summed E-state index contributed by atoms with van der Waals surface area (Å²) in [6.07, 6.45) is 0. The van der Waals surface area contributed by atoms with E-state index in [4.69, 9.17) is 0 Å². The maximum Gasteiger partial charge on any atom is 0.0554 e. The van der Waals surface area contributed by atoms with E-state index in [1.807, 2.05) is 11.3 Å². The molecular weight excluding hydrogens is 671 g/mol. The fourth-order valence-corrected chi connectivity index (χ4v) is 9.11. The molecule has 10 aromatic rings. The second-order valence-corrected chi connectivity index (χ2v) is 14.8. The molecule has 0 aliphatic rings. The number of fused-ring (bicyclic) bond motifs is 5. The normalized spacial score (nSPS) is 11.3. The largest absolute Gasteiger partial charge is 0.310 e. The number of benzene rings is 9. The second kappa shape index (κ2) is 13.7. The fraction of sp³-hybridized carbons (Fsp3) is 0. The molecule has 0 saturated heterocycles. The molecule has 0 fully saturated rings. The quantitative estimate of drug-likeness (QED) is 0.160. The zero-order valence-electron chi connectivity index (χ0n) is 29.6. The Kier molecular flexibility index (Phi) is 8.09. The molecule has 1 nitrogen and oxygen atoms in total. The van der Waals surface area contributed by atoms with Gasteiger partial charge in [-0.1, -0.05) is 152 Å². The zero-order chi connectivity index (χ0) is 35.8. The minimum absolute atomic E-state index is 1.14. The van der Waals surface area contributed by atoms with Crippen molar-refractivity contribution in [2.24, 2.45) is 0 Å². The molecule has 1 heterocycles. The van der Waals surface area contributed by atoms with Crippen LogP contribution in [0.4, 0.5) is 17.1 Å². The van der Waals surface area contributed by atoms with E-state index in [2.05, 4.69) is 217 Å². The first-order chi connectivity index (χ1) is 26.8. The molecule has 0 aliphatic heterocycles. The minimum Gasteiger partial charge on any atom is -0.310 e. The van der Waals surface area contributed by atoms with Gasteiger partial charge in [-0.25, -0.2) is 0 Å². The van der Waals surface area contributed by atoms with Crippen molar-refractivity contribution in [1.29, 1.82) is 0 Å². The molecule has 54 heavy (non-hydrogen) atoms. The Morgan fingerprint density at radius 1 is 0.315 bits per heavy atom. The third-order valence-corrected chi connectivity index (χ3v) is 11.6. The van der Waals surface area contributed by atoms with Gasteiger partial charge in [-0.2, -0.15) is 0 Å². The van der Waals surface area contributed by atoms with Crippen molar-refractivity contribution in [3.63, 3.8) is 0 Å². The molecule has 0 N–H and O–H groups in total. The third kappa shape index (κ3) is 5.74. The molecule has 0 aliphatic carbocycles. The van der Waals surface area contributed by atoms with E-state index < -0.39 is 0 Å². The molecule has 9 aromatic carbocycles. The van der Waals surface area contributed by atoms with Crippen LogP contribution >= 0.6 is 11.3 Å². The Labute approximate surface area is 319 Å². The topological polar surface area (TPSA) is 3.24 Å². The Bertz CT molecular complexity index is 2800. The number of para-hydroxylation sites is 2. The number of nitrogens with zero attached hydrogens (tertiary/aromatic N) is 1. The molecule has 10 rings (SSSR count). The number of hydrogen-bond donors (Lipinski definition) is 0. The standard InChI is InChI=1S/C52H35NS/c1-5-16-36(17-6-1)40-32-41(37-18-7-2-8-19-37)34-42(33-40)38-28-30-39(31-29-38)47-35-48-51-49(53(43-20-9-3-10-21-43)44-22-11-4-12-23-44)26-15-27-50(51)54-52(48)46-25-14-13-24-45(46)47/h1-35H. The first-order valence-corrected chi connectivity index (χ1v) is 19.2. The monoisotopic (exact) mass is 705 g/mol. The van der Waals surface area contributed by atoms with Gasteiger partial charge in [-0.15, -0.1) is 11.3 Å². The van der Waals surface area contributed by atoms with Gasteiger partial charge in [-0.05, 0) is 111 Å². The van der Waals surface area contributed by atoms with Crippen molar-refractivity contribution in [3.8, 4) is 44.5 Å². The molecule has 2 heteroatoms. The summed E-state index contributed by atoms with van der Waals surface area (Å²) in [5.74, 6) is 0.